The quantitative estimate of drug-likeness (QED) is 0.800. The van der Waals surface area contributed by atoms with Gasteiger partial charge in [-0.1, -0.05) is 6.07 Å². The van der Waals surface area contributed by atoms with E-state index in [1.165, 1.54) is 0 Å². The maximum Gasteiger partial charge on any atom is 0.338 e. The van der Waals surface area contributed by atoms with Gasteiger partial charge in [0.15, 0.2) is 0 Å². The van der Waals surface area contributed by atoms with Crippen LogP contribution < -0.4 is 10.2 Å². The predicted octanol–water partition coefficient (Wildman–Crippen LogP) is 3.13. The van der Waals surface area contributed by atoms with Crippen molar-refractivity contribution in [2.45, 2.75) is 33.6 Å². The maximum atomic E-state index is 12.6. The zero-order valence-electron chi connectivity index (χ0n) is 16.6. The van der Waals surface area contributed by atoms with Gasteiger partial charge in [0, 0.05) is 36.1 Å². The van der Waals surface area contributed by atoms with E-state index in [0.29, 0.717) is 17.9 Å². The van der Waals surface area contributed by atoms with Crippen molar-refractivity contribution < 1.29 is 14.3 Å². The first-order chi connectivity index (χ1) is 13.5. The standard InChI is InChI=1S/C21H26N4O3/c1-4-28-20(27)17-6-5-7-18(13-17)24-19(26)16-8-10-25(11-9-16)21-22-14(2)12-15(3)23-21/h5-7,12-13,16H,4,8-11H2,1-3H3,(H,24,26). The molecule has 2 aromatic rings. The molecule has 7 nitrogen and oxygen atoms in total. The third-order valence-electron chi connectivity index (χ3n) is 4.76. The van der Waals surface area contributed by atoms with Crippen LogP contribution in [0.25, 0.3) is 0 Å². The van der Waals surface area contributed by atoms with E-state index in [1.807, 2.05) is 19.9 Å². The van der Waals surface area contributed by atoms with E-state index in [1.54, 1.807) is 31.2 Å². The van der Waals surface area contributed by atoms with Crippen molar-refractivity contribution in [3.8, 4) is 0 Å². The van der Waals surface area contributed by atoms with Crippen molar-refractivity contribution in [1.82, 2.24) is 9.97 Å². The number of piperidine rings is 1. The molecule has 0 aliphatic carbocycles. The fourth-order valence-electron chi connectivity index (χ4n) is 3.37. The monoisotopic (exact) mass is 382 g/mol. The van der Waals surface area contributed by atoms with E-state index in [9.17, 15) is 9.59 Å². The molecule has 1 aromatic heterocycles. The molecule has 0 atom stereocenters. The fourth-order valence-corrected chi connectivity index (χ4v) is 3.37. The number of aromatic nitrogens is 2. The molecule has 1 saturated heterocycles. The number of nitrogens with zero attached hydrogens (tertiary/aromatic N) is 3. The number of hydrogen-bond acceptors (Lipinski definition) is 6. The van der Waals surface area contributed by atoms with E-state index in [2.05, 4.69) is 20.2 Å². The Morgan fingerprint density at radius 3 is 2.46 bits per heavy atom. The third kappa shape index (κ3) is 4.85. The van der Waals surface area contributed by atoms with Crippen LogP contribution in [-0.4, -0.2) is 41.5 Å². The Morgan fingerprint density at radius 1 is 1.14 bits per heavy atom. The molecular weight excluding hydrogens is 356 g/mol. The molecule has 1 aliphatic rings. The lowest BCUT2D eigenvalue weighted by atomic mass is 9.96. The molecule has 0 saturated carbocycles. The van der Waals surface area contributed by atoms with Crippen molar-refractivity contribution in [3.63, 3.8) is 0 Å². The van der Waals surface area contributed by atoms with Crippen LogP contribution in [0.2, 0.25) is 0 Å². The van der Waals surface area contributed by atoms with Gasteiger partial charge in [0.1, 0.15) is 0 Å². The smallest absolute Gasteiger partial charge is 0.338 e. The largest absolute Gasteiger partial charge is 0.462 e. The molecule has 1 fully saturated rings. The number of amides is 1. The summed E-state index contributed by atoms with van der Waals surface area (Å²) in [5.74, 6) is 0.245. The van der Waals surface area contributed by atoms with Crippen LogP contribution in [0.1, 0.15) is 41.5 Å². The number of anilines is 2. The first-order valence-electron chi connectivity index (χ1n) is 9.61. The number of rotatable bonds is 5. The second-order valence-corrected chi connectivity index (χ2v) is 7.00. The molecule has 3 rings (SSSR count). The summed E-state index contributed by atoms with van der Waals surface area (Å²) in [6.07, 6.45) is 1.47. The van der Waals surface area contributed by atoms with Crippen LogP contribution in [0.15, 0.2) is 30.3 Å². The summed E-state index contributed by atoms with van der Waals surface area (Å²) >= 11 is 0. The highest BCUT2D eigenvalue weighted by atomic mass is 16.5. The molecule has 1 aliphatic heterocycles. The molecule has 1 N–H and O–H groups in total. The minimum atomic E-state index is -0.389. The van der Waals surface area contributed by atoms with Crippen LogP contribution in [0.4, 0.5) is 11.6 Å². The molecule has 0 spiro atoms. The SMILES string of the molecule is CCOC(=O)c1cccc(NC(=O)C2CCN(c3nc(C)cc(C)n3)CC2)c1. The Balaban J connectivity index is 1.58. The number of carbonyl (C=O) groups excluding carboxylic acids is 2. The molecule has 0 unspecified atom stereocenters. The first-order valence-corrected chi connectivity index (χ1v) is 9.61. The van der Waals surface area contributed by atoms with Gasteiger partial charge in [0.25, 0.3) is 0 Å². The lowest BCUT2D eigenvalue weighted by Crippen LogP contribution is -2.39. The highest BCUT2D eigenvalue weighted by Crippen LogP contribution is 2.23. The van der Waals surface area contributed by atoms with Crippen molar-refractivity contribution in [1.29, 1.82) is 0 Å². The Morgan fingerprint density at radius 2 is 1.82 bits per heavy atom. The van der Waals surface area contributed by atoms with Gasteiger partial charge in [0.05, 0.1) is 12.2 Å². The first kappa shape index (κ1) is 19.8. The Kier molecular flexibility index (Phi) is 6.23. The Labute approximate surface area is 165 Å². The van der Waals surface area contributed by atoms with Gasteiger partial charge in [-0.3, -0.25) is 4.79 Å². The normalized spacial score (nSPS) is 14.6. The van der Waals surface area contributed by atoms with Crippen LogP contribution >= 0.6 is 0 Å². The van der Waals surface area contributed by atoms with Crippen LogP contribution in [0.3, 0.4) is 0 Å². The summed E-state index contributed by atoms with van der Waals surface area (Å²) in [5, 5.41) is 2.93. The fraction of sp³-hybridized carbons (Fsp3) is 0.429. The van der Waals surface area contributed by atoms with Crippen molar-refractivity contribution in [2.24, 2.45) is 5.92 Å². The molecule has 2 heterocycles. The number of esters is 1. The average molecular weight is 382 g/mol. The van der Waals surface area contributed by atoms with E-state index >= 15 is 0 Å². The van der Waals surface area contributed by atoms with Crippen LogP contribution in [0.5, 0.6) is 0 Å². The molecular formula is C21H26N4O3. The molecule has 0 radical (unpaired) electrons. The zero-order chi connectivity index (χ0) is 20.1. The molecule has 1 aromatic carbocycles. The number of nitrogens with one attached hydrogen (secondary N) is 1. The van der Waals surface area contributed by atoms with E-state index in [-0.39, 0.29) is 17.8 Å². The number of hydrogen-bond donors (Lipinski definition) is 1. The molecule has 1 amide bonds. The van der Waals surface area contributed by atoms with Gasteiger partial charge < -0.3 is 15.0 Å². The summed E-state index contributed by atoms with van der Waals surface area (Å²) in [5.41, 5.74) is 2.93. The zero-order valence-corrected chi connectivity index (χ0v) is 16.6. The second kappa shape index (κ2) is 8.82. The van der Waals surface area contributed by atoms with Crippen molar-refractivity contribution in [3.05, 3.63) is 47.3 Å². The number of ether oxygens (including phenoxy) is 1. The maximum absolute atomic E-state index is 12.6. The second-order valence-electron chi connectivity index (χ2n) is 7.00. The van der Waals surface area contributed by atoms with Crippen molar-refractivity contribution in [2.75, 3.05) is 29.9 Å². The predicted molar refractivity (Wildman–Crippen MR) is 107 cm³/mol. The summed E-state index contributed by atoms with van der Waals surface area (Å²) in [6, 6.07) is 8.79. The molecule has 148 valence electrons. The van der Waals surface area contributed by atoms with Crippen LogP contribution in [-0.2, 0) is 9.53 Å². The van der Waals surface area contributed by atoms with Gasteiger partial charge >= 0.3 is 5.97 Å². The average Bonchev–Trinajstić information content (AvgIpc) is 2.68. The van der Waals surface area contributed by atoms with E-state index < -0.39 is 0 Å². The number of benzene rings is 1. The Hall–Kier alpha value is -2.96. The van der Waals surface area contributed by atoms with Gasteiger partial charge in [-0.2, -0.15) is 0 Å². The van der Waals surface area contributed by atoms with Gasteiger partial charge in [-0.25, -0.2) is 14.8 Å². The van der Waals surface area contributed by atoms with Gasteiger partial charge in [-0.15, -0.1) is 0 Å². The van der Waals surface area contributed by atoms with Gasteiger partial charge in [0.2, 0.25) is 11.9 Å². The third-order valence-corrected chi connectivity index (χ3v) is 4.76. The lowest BCUT2D eigenvalue weighted by Gasteiger charge is -2.31. The highest BCUT2D eigenvalue weighted by Gasteiger charge is 2.26. The highest BCUT2D eigenvalue weighted by molar-refractivity contribution is 5.95. The van der Waals surface area contributed by atoms with Gasteiger partial charge in [-0.05, 0) is 57.9 Å². The Bertz CT molecular complexity index is 840. The van der Waals surface area contributed by atoms with Crippen molar-refractivity contribution >= 4 is 23.5 Å². The van der Waals surface area contributed by atoms with E-state index in [0.717, 1.165) is 43.3 Å². The number of carbonyl (C=O) groups is 2. The lowest BCUT2D eigenvalue weighted by molar-refractivity contribution is -0.120. The minimum absolute atomic E-state index is 0.0259. The number of aryl methyl sites for hydroxylation is 2. The van der Waals surface area contributed by atoms with Crippen LogP contribution in [0, 0.1) is 19.8 Å². The minimum Gasteiger partial charge on any atom is -0.462 e. The summed E-state index contributed by atoms with van der Waals surface area (Å²) in [7, 11) is 0. The summed E-state index contributed by atoms with van der Waals surface area (Å²) < 4.78 is 5.01. The van der Waals surface area contributed by atoms with E-state index in [4.69, 9.17) is 4.74 Å². The topological polar surface area (TPSA) is 84.4 Å². The molecule has 7 heteroatoms. The molecule has 0 bridgehead atoms. The summed E-state index contributed by atoms with van der Waals surface area (Å²) in [6.45, 7) is 7.48. The molecule has 28 heavy (non-hydrogen) atoms. The summed E-state index contributed by atoms with van der Waals surface area (Å²) in [4.78, 5) is 35.6.